The highest BCUT2D eigenvalue weighted by Crippen LogP contribution is 2.25. The van der Waals surface area contributed by atoms with Gasteiger partial charge in [0.15, 0.2) is 0 Å². The Morgan fingerprint density at radius 2 is 1.83 bits per heavy atom. The zero-order valence-electron chi connectivity index (χ0n) is 13.5. The van der Waals surface area contributed by atoms with Crippen LogP contribution in [0.5, 0.6) is 0 Å². The molecule has 0 aromatic heterocycles. The van der Waals surface area contributed by atoms with Gasteiger partial charge in [0.05, 0.1) is 11.4 Å². The molecule has 0 fully saturated rings. The number of rotatable bonds is 3. The van der Waals surface area contributed by atoms with Gasteiger partial charge in [-0.25, -0.2) is 13.1 Å². The van der Waals surface area contributed by atoms with Crippen molar-refractivity contribution in [1.29, 1.82) is 0 Å². The third-order valence-electron chi connectivity index (χ3n) is 4.06. The van der Waals surface area contributed by atoms with Gasteiger partial charge >= 0.3 is 0 Å². The monoisotopic (exact) mass is 363 g/mol. The van der Waals surface area contributed by atoms with Gasteiger partial charge in [-0.15, -0.1) is 0 Å². The van der Waals surface area contributed by atoms with Crippen molar-refractivity contribution in [2.75, 3.05) is 18.0 Å². The molecule has 5 nitrogen and oxygen atoms in total. The molecule has 1 aliphatic rings. The van der Waals surface area contributed by atoms with Crippen LogP contribution in [0.3, 0.4) is 0 Å². The second kappa shape index (κ2) is 6.45. The predicted molar refractivity (Wildman–Crippen MR) is 97.3 cm³/mol. The molecule has 0 unspecified atom stereocenters. The molecular formula is C17H18ClN3O2S. The first kappa shape index (κ1) is 16.8. The van der Waals surface area contributed by atoms with E-state index in [1.54, 1.807) is 12.1 Å². The lowest BCUT2D eigenvalue weighted by atomic mass is 10.1. The van der Waals surface area contributed by atoms with Gasteiger partial charge in [-0.1, -0.05) is 23.7 Å². The highest BCUT2D eigenvalue weighted by Gasteiger charge is 2.25. The number of nitrogens with zero attached hydrogens (tertiary/aromatic N) is 2. The van der Waals surface area contributed by atoms with Crippen molar-refractivity contribution >= 4 is 33.3 Å². The number of benzene rings is 2. The first-order valence-corrected chi connectivity index (χ1v) is 9.41. The molecule has 126 valence electrons. The summed E-state index contributed by atoms with van der Waals surface area (Å²) in [6, 6.07) is 12.0. The summed E-state index contributed by atoms with van der Waals surface area (Å²) in [6.07, 6.45) is 0. The summed E-state index contributed by atoms with van der Waals surface area (Å²) in [5.41, 5.74) is 3.22. The number of halogens is 1. The van der Waals surface area contributed by atoms with Gasteiger partial charge in [-0.05, 0) is 55.3 Å². The van der Waals surface area contributed by atoms with E-state index in [0.717, 1.165) is 16.8 Å². The van der Waals surface area contributed by atoms with Crippen LogP contribution in [-0.4, -0.2) is 27.5 Å². The summed E-state index contributed by atoms with van der Waals surface area (Å²) >= 11 is 5.82. The second-order valence-corrected chi connectivity index (χ2v) is 7.75. The number of hydrogen-bond acceptors (Lipinski definition) is 4. The zero-order chi connectivity index (χ0) is 17.3. The fraction of sp³-hybridized carbons (Fsp3) is 0.235. The summed E-state index contributed by atoms with van der Waals surface area (Å²) in [5.74, 6) is 0.346. The molecule has 7 heteroatoms. The quantitative estimate of drug-likeness (QED) is 0.911. The lowest BCUT2D eigenvalue weighted by Gasteiger charge is -2.23. The van der Waals surface area contributed by atoms with Gasteiger partial charge in [0.1, 0.15) is 0 Å². The van der Waals surface area contributed by atoms with Gasteiger partial charge in [-0.3, -0.25) is 4.99 Å². The van der Waals surface area contributed by atoms with Gasteiger partial charge in [-0.2, -0.15) is 0 Å². The fourth-order valence-electron chi connectivity index (χ4n) is 2.59. The Hall–Kier alpha value is -2.05. The van der Waals surface area contributed by atoms with Crippen LogP contribution in [0.15, 0.2) is 52.4 Å². The van der Waals surface area contributed by atoms with Crippen LogP contribution in [0, 0.1) is 13.8 Å². The van der Waals surface area contributed by atoms with E-state index in [9.17, 15) is 8.42 Å². The topological polar surface area (TPSA) is 61.8 Å². The van der Waals surface area contributed by atoms with Crippen LogP contribution in [0.4, 0.5) is 5.69 Å². The Morgan fingerprint density at radius 3 is 2.54 bits per heavy atom. The standard InChI is InChI=1S/C17H18ClN3O2S/c1-12-4-3-5-16(13(12)2)21-11-10-19-17(21)20-24(22,23)15-8-6-14(18)7-9-15/h3-9H,10-11H2,1-2H3,(H,19,20). The van der Waals surface area contributed by atoms with Crippen molar-refractivity contribution in [2.24, 2.45) is 4.99 Å². The van der Waals surface area contributed by atoms with E-state index in [-0.39, 0.29) is 4.90 Å². The largest absolute Gasteiger partial charge is 0.310 e. The highest BCUT2D eigenvalue weighted by molar-refractivity contribution is 7.90. The van der Waals surface area contributed by atoms with Crippen LogP contribution in [0.2, 0.25) is 5.02 Å². The molecule has 3 rings (SSSR count). The van der Waals surface area contributed by atoms with Crippen molar-refractivity contribution in [3.8, 4) is 0 Å². The minimum atomic E-state index is -3.71. The van der Waals surface area contributed by atoms with E-state index in [1.807, 2.05) is 36.9 Å². The molecular weight excluding hydrogens is 346 g/mol. The Bertz CT molecular complexity index is 893. The molecule has 0 radical (unpaired) electrons. The number of nitrogens with one attached hydrogen (secondary N) is 1. The third kappa shape index (κ3) is 3.25. The lowest BCUT2D eigenvalue weighted by Crippen LogP contribution is -2.42. The first-order chi connectivity index (χ1) is 11.4. The number of guanidine groups is 1. The highest BCUT2D eigenvalue weighted by atomic mass is 35.5. The molecule has 2 aromatic carbocycles. The Morgan fingerprint density at radius 1 is 1.12 bits per heavy atom. The molecule has 0 atom stereocenters. The van der Waals surface area contributed by atoms with Crippen LogP contribution in [0.1, 0.15) is 11.1 Å². The number of aryl methyl sites for hydroxylation is 1. The fourth-order valence-corrected chi connectivity index (χ4v) is 3.74. The Labute approximate surface area is 147 Å². The van der Waals surface area contributed by atoms with Crippen molar-refractivity contribution in [3.63, 3.8) is 0 Å². The molecule has 1 heterocycles. The summed E-state index contributed by atoms with van der Waals surface area (Å²) in [5, 5.41) is 0.490. The van der Waals surface area contributed by atoms with E-state index >= 15 is 0 Å². The number of sulfonamides is 1. The minimum Gasteiger partial charge on any atom is -0.310 e. The van der Waals surface area contributed by atoms with Crippen LogP contribution in [-0.2, 0) is 10.0 Å². The van der Waals surface area contributed by atoms with E-state index in [0.29, 0.717) is 24.1 Å². The second-order valence-electron chi connectivity index (χ2n) is 5.64. The van der Waals surface area contributed by atoms with Gasteiger partial charge in [0.25, 0.3) is 10.0 Å². The van der Waals surface area contributed by atoms with E-state index < -0.39 is 10.0 Å². The molecule has 1 N–H and O–H groups in total. The first-order valence-electron chi connectivity index (χ1n) is 7.55. The summed E-state index contributed by atoms with van der Waals surface area (Å²) < 4.78 is 27.7. The van der Waals surface area contributed by atoms with E-state index in [4.69, 9.17) is 11.6 Å². The number of anilines is 1. The smallest absolute Gasteiger partial charge is 0.264 e. The zero-order valence-corrected chi connectivity index (χ0v) is 15.0. The molecule has 0 amide bonds. The molecule has 2 aromatic rings. The van der Waals surface area contributed by atoms with Crippen LogP contribution < -0.4 is 9.62 Å². The lowest BCUT2D eigenvalue weighted by molar-refractivity contribution is 0.592. The van der Waals surface area contributed by atoms with Crippen molar-refractivity contribution < 1.29 is 8.42 Å². The number of hydrogen-bond donors (Lipinski definition) is 1. The molecule has 0 saturated heterocycles. The van der Waals surface area contributed by atoms with Crippen LogP contribution in [0.25, 0.3) is 0 Å². The van der Waals surface area contributed by atoms with E-state index in [1.165, 1.54) is 12.1 Å². The predicted octanol–water partition coefficient (Wildman–Crippen LogP) is 3.11. The Balaban J connectivity index is 1.89. The normalized spacial score (nSPS) is 14.6. The maximum Gasteiger partial charge on any atom is 0.264 e. The molecule has 24 heavy (non-hydrogen) atoms. The molecule has 0 spiro atoms. The Kier molecular flexibility index (Phi) is 4.51. The SMILES string of the molecule is Cc1cccc(N2CCN=C2NS(=O)(=O)c2ccc(Cl)cc2)c1C. The molecule has 0 bridgehead atoms. The number of aliphatic imine (C=N–C) groups is 1. The summed E-state index contributed by atoms with van der Waals surface area (Å²) in [6.45, 7) is 5.24. The van der Waals surface area contributed by atoms with Crippen molar-refractivity contribution in [1.82, 2.24) is 4.72 Å². The maximum atomic E-state index is 12.6. The maximum absolute atomic E-state index is 12.6. The van der Waals surface area contributed by atoms with Gasteiger partial charge in [0, 0.05) is 17.3 Å². The minimum absolute atomic E-state index is 0.155. The summed E-state index contributed by atoms with van der Waals surface area (Å²) in [4.78, 5) is 6.37. The average molecular weight is 364 g/mol. The molecule has 1 aliphatic heterocycles. The van der Waals surface area contributed by atoms with Crippen LogP contribution >= 0.6 is 11.6 Å². The van der Waals surface area contributed by atoms with Gasteiger partial charge in [0.2, 0.25) is 5.96 Å². The molecule has 0 aliphatic carbocycles. The van der Waals surface area contributed by atoms with Crippen molar-refractivity contribution in [3.05, 3.63) is 58.6 Å². The average Bonchev–Trinajstić information content (AvgIpc) is 2.97. The van der Waals surface area contributed by atoms with E-state index in [2.05, 4.69) is 9.71 Å². The molecule has 0 saturated carbocycles. The summed E-state index contributed by atoms with van der Waals surface area (Å²) in [7, 11) is -3.71. The van der Waals surface area contributed by atoms with Gasteiger partial charge < -0.3 is 4.90 Å². The third-order valence-corrected chi connectivity index (χ3v) is 5.65. The van der Waals surface area contributed by atoms with Crippen molar-refractivity contribution in [2.45, 2.75) is 18.7 Å².